The van der Waals surface area contributed by atoms with Crippen molar-refractivity contribution < 1.29 is 33.3 Å². The van der Waals surface area contributed by atoms with Crippen LogP contribution < -0.4 is 0 Å². The van der Waals surface area contributed by atoms with Gasteiger partial charge in [0.05, 0.1) is 21.3 Å². The third kappa shape index (κ3) is 4.32. The Hall–Kier alpha value is -3.87. The van der Waals surface area contributed by atoms with E-state index in [1.807, 2.05) is 54.6 Å². The highest BCUT2D eigenvalue weighted by Crippen LogP contribution is 2.61. The van der Waals surface area contributed by atoms with Crippen LogP contribution in [-0.2, 0) is 38.7 Å². The molecule has 0 saturated heterocycles. The smallest absolute Gasteiger partial charge is 0.323 e. The molecule has 0 radical (unpaired) electrons. The topological polar surface area (TPSA) is 88.1 Å². The predicted octanol–water partition coefficient (Wildman–Crippen LogP) is 5.05. The third-order valence-corrected chi connectivity index (χ3v) is 7.23. The summed E-state index contributed by atoms with van der Waals surface area (Å²) < 4.78 is 21.8. The molecule has 7 heteroatoms. The molecule has 2 aliphatic rings. The first kappa shape index (κ1) is 26.2. The summed E-state index contributed by atoms with van der Waals surface area (Å²) >= 11 is 0. The Kier molecular flexibility index (Phi) is 6.76. The quantitative estimate of drug-likeness (QED) is 0.320. The number of methoxy groups -OCH3 is 3. The number of carbonyl (C=O) groups excluding carboxylic acids is 3. The number of rotatable bonds is 5. The van der Waals surface area contributed by atoms with Crippen LogP contribution in [0.3, 0.4) is 0 Å². The summed E-state index contributed by atoms with van der Waals surface area (Å²) in [5.74, 6) is -1.32. The SMILES string of the molecule is COC(=O)C12C=C(c3ccccc3)OC(c3ccc(C(C)(C)C)cc3)=C1CC(C(=O)OC)(C(=O)OC)C2. The molecule has 1 heterocycles. The highest BCUT2D eigenvalue weighted by molar-refractivity contribution is 6.05. The van der Waals surface area contributed by atoms with E-state index in [2.05, 4.69) is 20.8 Å². The first-order valence-corrected chi connectivity index (χ1v) is 12.1. The molecule has 1 aliphatic heterocycles. The van der Waals surface area contributed by atoms with Gasteiger partial charge in [0.25, 0.3) is 0 Å². The van der Waals surface area contributed by atoms with Gasteiger partial charge >= 0.3 is 17.9 Å². The zero-order valence-corrected chi connectivity index (χ0v) is 22.0. The van der Waals surface area contributed by atoms with Crippen LogP contribution in [0.25, 0.3) is 11.5 Å². The number of hydrogen-bond donors (Lipinski definition) is 0. The van der Waals surface area contributed by atoms with E-state index in [-0.39, 0.29) is 18.3 Å². The van der Waals surface area contributed by atoms with Gasteiger partial charge in [-0.1, -0.05) is 75.4 Å². The van der Waals surface area contributed by atoms with Gasteiger partial charge in [-0.3, -0.25) is 14.4 Å². The van der Waals surface area contributed by atoms with Crippen molar-refractivity contribution in [3.8, 4) is 0 Å². The summed E-state index contributed by atoms with van der Waals surface area (Å²) in [6.45, 7) is 6.37. The Bertz CT molecular complexity index is 1260. The van der Waals surface area contributed by atoms with Crippen LogP contribution in [0.15, 0.2) is 66.2 Å². The van der Waals surface area contributed by atoms with E-state index in [0.717, 1.165) is 11.1 Å². The van der Waals surface area contributed by atoms with Gasteiger partial charge < -0.3 is 18.9 Å². The molecule has 4 rings (SSSR count). The second-order valence-corrected chi connectivity index (χ2v) is 10.5. The van der Waals surface area contributed by atoms with Crippen LogP contribution in [0.4, 0.5) is 0 Å². The summed E-state index contributed by atoms with van der Waals surface area (Å²) in [5, 5.41) is 0. The van der Waals surface area contributed by atoms with Gasteiger partial charge in [-0.25, -0.2) is 0 Å². The molecule has 0 spiro atoms. The summed E-state index contributed by atoms with van der Waals surface area (Å²) in [6.07, 6.45) is 1.34. The molecule has 1 unspecified atom stereocenters. The maximum Gasteiger partial charge on any atom is 0.323 e. The number of hydrogen-bond acceptors (Lipinski definition) is 7. The Balaban J connectivity index is 2.01. The fourth-order valence-corrected chi connectivity index (χ4v) is 5.25. The Morgan fingerprint density at radius 3 is 1.86 bits per heavy atom. The summed E-state index contributed by atoms with van der Waals surface area (Å²) in [7, 11) is 3.71. The first-order chi connectivity index (χ1) is 17.5. The van der Waals surface area contributed by atoms with Crippen molar-refractivity contribution in [2.45, 2.75) is 39.0 Å². The minimum Gasteiger partial charge on any atom is -0.468 e. The van der Waals surface area contributed by atoms with Crippen molar-refractivity contribution in [2.75, 3.05) is 21.3 Å². The number of carbonyl (C=O) groups is 3. The molecule has 0 N–H and O–H groups in total. The zero-order chi connectivity index (χ0) is 27.0. The molecule has 1 fully saturated rings. The summed E-state index contributed by atoms with van der Waals surface area (Å²) in [5.41, 5.74) is -0.203. The van der Waals surface area contributed by atoms with E-state index in [4.69, 9.17) is 18.9 Å². The molecule has 0 aromatic heterocycles. The number of fused-ring (bicyclic) bond motifs is 1. The molecule has 0 bridgehead atoms. The minimum absolute atomic E-state index is 0.0626. The van der Waals surface area contributed by atoms with Crippen molar-refractivity contribution in [2.24, 2.45) is 10.8 Å². The average Bonchev–Trinajstić information content (AvgIpc) is 3.29. The summed E-state index contributed by atoms with van der Waals surface area (Å²) in [4.78, 5) is 39.8. The lowest BCUT2D eigenvalue weighted by Gasteiger charge is -2.33. The molecule has 7 nitrogen and oxygen atoms in total. The number of esters is 3. The minimum atomic E-state index is -1.74. The lowest BCUT2D eigenvalue weighted by Crippen LogP contribution is -2.41. The Morgan fingerprint density at radius 2 is 1.35 bits per heavy atom. The maximum atomic E-state index is 13.6. The van der Waals surface area contributed by atoms with Gasteiger partial charge in [-0.15, -0.1) is 0 Å². The Morgan fingerprint density at radius 1 is 0.784 bits per heavy atom. The van der Waals surface area contributed by atoms with Gasteiger partial charge in [-0.05, 0) is 29.0 Å². The third-order valence-electron chi connectivity index (χ3n) is 7.23. The van der Waals surface area contributed by atoms with Crippen LogP contribution in [-0.4, -0.2) is 39.2 Å². The first-order valence-electron chi connectivity index (χ1n) is 12.1. The molecule has 2 aromatic rings. The van der Waals surface area contributed by atoms with Crippen LogP contribution in [0.5, 0.6) is 0 Å². The molecular formula is C30H32O7. The largest absolute Gasteiger partial charge is 0.468 e. The van der Waals surface area contributed by atoms with Crippen LogP contribution in [0.1, 0.15) is 50.3 Å². The normalized spacial score (nSPS) is 20.3. The lowest BCUT2D eigenvalue weighted by atomic mass is 9.76. The molecule has 194 valence electrons. The van der Waals surface area contributed by atoms with Gasteiger partial charge in [0.2, 0.25) is 0 Å². The zero-order valence-electron chi connectivity index (χ0n) is 22.0. The van der Waals surface area contributed by atoms with Crippen molar-refractivity contribution >= 4 is 29.4 Å². The Labute approximate surface area is 217 Å². The van der Waals surface area contributed by atoms with Crippen LogP contribution >= 0.6 is 0 Å². The molecule has 1 saturated carbocycles. The highest BCUT2D eigenvalue weighted by Gasteiger charge is 2.66. The molecule has 0 amide bonds. The lowest BCUT2D eigenvalue weighted by molar-refractivity contribution is -0.169. The molecule has 37 heavy (non-hydrogen) atoms. The van der Waals surface area contributed by atoms with Crippen LogP contribution in [0, 0.1) is 10.8 Å². The molecule has 1 atom stereocenters. The van der Waals surface area contributed by atoms with E-state index in [1.54, 1.807) is 6.08 Å². The van der Waals surface area contributed by atoms with Gasteiger partial charge in [0.15, 0.2) is 5.41 Å². The van der Waals surface area contributed by atoms with Crippen LogP contribution in [0.2, 0.25) is 0 Å². The number of ether oxygens (including phenoxy) is 4. The number of benzene rings is 2. The average molecular weight is 505 g/mol. The van der Waals surface area contributed by atoms with E-state index < -0.39 is 28.7 Å². The fourth-order valence-electron chi connectivity index (χ4n) is 5.25. The van der Waals surface area contributed by atoms with Gasteiger partial charge in [0.1, 0.15) is 16.9 Å². The van der Waals surface area contributed by atoms with Crippen molar-refractivity contribution in [1.29, 1.82) is 0 Å². The summed E-state index contributed by atoms with van der Waals surface area (Å²) in [6, 6.07) is 17.2. The van der Waals surface area contributed by atoms with Gasteiger partial charge in [-0.2, -0.15) is 0 Å². The van der Waals surface area contributed by atoms with E-state index >= 15 is 0 Å². The second-order valence-electron chi connectivity index (χ2n) is 10.5. The van der Waals surface area contributed by atoms with E-state index in [1.165, 1.54) is 21.3 Å². The predicted molar refractivity (Wildman–Crippen MR) is 138 cm³/mol. The molecular weight excluding hydrogens is 472 g/mol. The van der Waals surface area contributed by atoms with Crippen molar-refractivity contribution in [3.05, 3.63) is 82.9 Å². The fraction of sp³-hybridized carbons (Fsp3) is 0.367. The van der Waals surface area contributed by atoms with Crippen molar-refractivity contribution in [1.82, 2.24) is 0 Å². The second kappa shape index (κ2) is 9.54. The molecule has 2 aromatic carbocycles. The van der Waals surface area contributed by atoms with E-state index in [9.17, 15) is 14.4 Å². The van der Waals surface area contributed by atoms with E-state index in [0.29, 0.717) is 22.7 Å². The monoisotopic (exact) mass is 504 g/mol. The van der Waals surface area contributed by atoms with Gasteiger partial charge in [0, 0.05) is 17.5 Å². The molecule has 1 aliphatic carbocycles. The standard InChI is InChI=1S/C30H32O7/c1-28(2,3)21-14-12-20(13-15-21)24-22-16-30(26(32)35-5,27(33)36-6)18-29(22,25(31)34-4)17-23(37-24)19-10-8-7-9-11-19/h7-15,17H,16,18H2,1-6H3. The van der Waals surface area contributed by atoms with Crippen molar-refractivity contribution in [3.63, 3.8) is 0 Å². The maximum absolute atomic E-state index is 13.6. The highest BCUT2D eigenvalue weighted by atomic mass is 16.5.